The molecule has 0 radical (unpaired) electrons. The molecule has 17 heavy (non-hydrogen) atoms. The van der Waals surface area contributed by atoms with Crippen LogP contribution in [0.2, 0.25) is 19.6 Å². The summed E-state index contributed by atoms with van der Waals surface area (Å²) in [6.07, 6.45) is 0. The van der Waals surface area contributed by atoms with Crippen molar-refractivity contribution in [2.75, 3.05) is 13.2 Å². The quantitative estimate of drug-likeness (QED) is 0.528. The van der Waals surface area contributed by atoms with Crippen LogP contribution in [0.3, 0.4) is 0 Å². The normalized spacial score (nSPS) is 16.3. The Morgan fingerprint density at radius 2 is 1.65 bits per heavy atom. The first kappa shape index (κ1) is 16.8. The molecule has 0 N–H and O–H groups in total. The highest BCUT2D eigenvalue weighted by Crippen LogP contribution is 2.60. The number of rotatable bonds is 7. The summed E-state index contributed by atoms with van der Waals surface area (Å²) in [4.78, 5) is 0. The van der Waals surface area contributed by atoms with Crippen LogP contribution in [0.25, 0.3) is 0 Å². The van der Waals surface area contributed by atoms with Crippen molar-refractivity contribution in [3.05, 3.63) is 0 Å². The van der Waals surface area contributed by atoms with Gasteiger partial charge in [-0.1, -0.05) is 0 Å². The number of nitrogens with zero attached hydrogens (tertiary/aromatic N) is 1. The Balaban J connectivity index is 5.30. The summed E-state index contributed by atoms with van der Waals surface area (Å²) in [6, 6.07) is 1.94. The van der Waals surface area contributed by atoms with Crippen molar-refractivity contribution < 1.29 is 18.0 Å². The van der Waals surface area contributed by atoms with Gasteiger partial charge in [-0.3, -0.25) is 4.57 Å². The lowest BCUT2D eigenvalue weighted by molar-refractivity contribution is 0.131. The molecule has 0 spiro atoms. The molecule has 0 fully saturated rings. The van der Waals surface area contributed by atoms with E-state index in [4.69, 9.17) is 13.5 Å². The predicted molar refractivity (Wildman–Crippen MR) is 69.3 cm³/mol. The third-order valence-electron chi connectivity index (χ3n) is 1.83. The van der Waals surface area contributed by atoms with Crippen LogP contribution in [0.1, 0.15) is 20.8 Å². The van der Waals surface area contributed by atoms with Crippen molar-refractivity contribution in [3.8, 4) is 6.07 Å². The molecule has 0 aromatic carbocycles. The van der Waals surface area contributed by atoms with Crippen LogP contribution in [-0.2, 0) is 18.0 Å². The van der Waals surface area contributed by atoms with Crippen molar-refractivity contribution in [2.24, 2.45) is 0 Å². The molecule has 0 saturated heterocycles. The zero-order chi connectivity index (χ0) is 13.7. The second-order valence-corrected chi connectivity index (χ2v) is 11.4. The highest BCUT2D eigenvalue weighted by atomic mass is 31.2. The van der Waals surface area contributed by atoms with Crippen molar-refractivity contribution >= 4 is 15.9 Å². The van der Waals surface area contributed by atoms with E-state index in [1.165, 1.54) is 6.92 Å². The summed E-state index contributed by atoms with van der Waals surface area (Å²) >= 11 is 0. The SMILES string of the molecule is CCOP(=O)(OCC)C(C)(C#N)O[Si](C)(C)C. The fraction of sp³-hybridized carbons (Fsp3) is 0.900. The van der Waals surface area contributed by atoms with Crippen molar-refractivity contribution in [3.63, 3.8) is 0 Å². The van der Waals surface area contributed by atoms with Crippen LogP contribution in [0.5, 0.6) is 0 Å². The van der Waals surface area contributed by atoms with Gasteiger partial charge in [-0.25, -0.2) is 0 Å². The van der Waals surface area contributed by atoms with E-state index >= 15 is 0 Å². The minimum Gasteiger partial charge on any atom is -0.391 e. The monoisotopic (exact) mass is 279 g/mol. The lowest BCUT2D eigenvalue weighted by Gasteiger charge is -2.34. The third kappa shape index (κ3) is 4.53. The Morgan fingerprint density at radius 3 is 1.88 bits per heavy atom. The topological polar surface area (TPSA) is 68.5 Å². The Kier molecular flexibility index (Phi) is 6.06. The maximum absolute atomic E-state index is 12.6. The molecule has 0 rings (SSSR count). The van der Waals surface area contributed by atoms with Gasteiger partial charge in [-0.2, -0.15) is 5.26 Å². The standard InChI is InChI=1S/C10H22NO4PSi/c1-7-13-16(12,14-8-2)10(3,9-11)15-17(4,5)6/h7-8H2,1-6H3. The zero-order valence-electron chi connectivity index (χ0n) is 11.4. The van der Waals surface area contributed by atoms with Gasteiger partial charge in [0.15, 0.2) is 8.32 Å². The maximum Gasteiger partial charge on any atom is 0.375 e. The first-order valence-corrected chi connectivity index (χ1v) is 10.6. The highest BCUT2D eigenvalue weighted by molar-refractivity contribution is 7.55. The van der Waals surface area contributed by atoms with Crippen LogP contribution in [0.4, 0.5) is 0 Å². The van der Waals surface area contributed by atoms with E-state index in [0.717, 1.165) is 0 Å². The first-order valence-electron chi connectivity index (χ1n) is 5.64. The van der Waals surface area contributed by atoms with Gasteiger partial charge in [-0.05, 0) is 40.4 Å². The molecule has 1 atom stereocenters. The van der Waals surface area contributed by atoms with Crippen molar-refractivity contribution in [1.82, 2.24) is 0 Å². The molecule has 0 saturated carbocycles. The molecular weight excluding hydrogens is 257 g/mol. The summed E-state index contributed by atoms with van der Waals surface area (Å²) in [5.41, 5.74) is 0. The van der Waals surface area contributed by atoms with Crippen LogP contribution in [-0.4, -0.2) is 26.9 Å². The van der Waals surface area contributed by atoms with Crippen molar-refractivity contribution in [1.29, 1.82) is 5.26 Å². The van der Waals surface area contributed by atoms with E-state index in [-0.39, 0.29) is 13.2 Å². The van der Waals surface area contributed by atoms with E-state index in [9.17, 15) is 9.83 Å². The van der Waals surface area contributed by atoms with Gasteiger partial charge in [0.2, 0.25) is 5.34 Å². The Morgan fingerprint density at radius 1 is 1.24 bits per heavy atom. The number of nitriles is 1. The molecule has 0 aromatic rings. The molecule has 7 heteroatoms. The molecule has 0 aliphatic rings. The molecule has 0 aliphatic carbocycles. The van der Waals surface area contributed by atoms with Gasteiger partial charge in [0, 0.05) is 0 Å². The molecular formula is C10H22NO4PSi. The Hall–Kier alpha value is -0.183. The smallest absolute Gasteiger partial charge is 0.375 e. The van der Waals surface area contributed by atoms with Gasteiger partial charge in [-0.15, -0.1) is 0 Å². The largest absolute Gasteiger partial charge is 0.391 e. The van der Waals surface area contributed by atoms with Crippen LogP contribution in [0, 0.1) is 11.3 Å². The van der Waals surface area contributed by atoms with Gasteiger partial charge in [0.1, 0.15) is 6.07 Å². The first-order chi connectivity index (χ1) is 7.64. The fourth-order valence-electron chi connectivity index (χ4n) is 1.36. The van der Waals surface area contributed by atoms with E-state index in [1.807, 2.05) is 25.7 Å². The second-order valence-electron chi connectivity index (χ2n) is 4.64. The van der Waals surface area contributed by atoms with E-state index in [0.29, 0.717) is 0 Å². The summed E-state index contributed by atoms with van der Waals surface area (Å²) in [5, 5.41) is 7.71. The number of hydrogen-bond acceptors (Lipinski definition) is 5. The van der Waals surface area contributed by atoms with Gasteiger partial charge in [0.25, 0.3) is 0 Å². The third-order valence-corrected chi connectivity index (χ3v) is 5.46. The lowest BCUT2D eigenvalue weighted by atomic mass is 10.5. The van der Waals surface area contributed by atoms with Crippen LogP contribution >= 0.6 is 7.60 Å². The average Bonchev–Trinajstić information content (AvgIpc) is 2.15. The minimum absolute atomic E-state index is 0.212. The Labute approximate surface area is 105 Å². The molecule has 0 amide bonds. The van der Waals surface area contributed by atoms with E-state index in [2.05, 4.69) is 0 Å². The molecule has 5 nitrogen and oxygen atoms in total. The Bertz CT molecular complexity index is 326. The molecule has 100 valence electrons. The van der Waals surface area contributed by atoms with E-state index < -0.39 is 21.3 Å². The molecule has 1 unspecified atom stereocenters. The average molecular weight is 279 g/mol. The highest BCUT2D eigenvalue weighted by Gasteiger charge is 2.51. The second kappa shape index (κ2) is 6.12. The summed E-state index contributed by atoms with van der Waals surface area (Å²) < 4.78 is 28.6. The van der Waals surface area contributed by atoms with Gasteiger partial charge >= 0.3 is 7.60 Å². The van der Waals surface area contributed by atoms with Gasteiger partial charge < -0.3 is 13.5 Å². The van der Waals surface area contributed by atoms with Crippen molar-refractivity contribution in [2.45, 2.75) is 45.8 Å². The molecule has 0 bridgehead atoms. The molecule has 0 aliphatic heterocycles. The van der Waals surface area contributed by atoms with E-state index in [1.54, 1.807) is 13.8 Å². The summed E-state index contributed by atoms with van der Waals surface area (Å²) in [5.74, 6) is 0. The van der Waals surface area contributed by atoms with Gasteiger partial charge in [0.05, 0.1) is 13.2 Å². The lowest BCUT2D eigenvalue weighted by Crippen LogP contribution is -2.40. The minimum atomic E-state index is -3.59. The predicted octanol–water partition coefficient (Wildman–Crippen LogP) is 3.34. The van der Waals surface area contributed by atoms with Crippen LogP contribution in [0.15, 0.2) is 0 Å². The fourth-order valence-corrected chi connectivity index (χ4v) is 5.24. The zero-order valence-corrected chi connectivity index (χ0v) is 13.3. The summed E-state index contributed by atoms with van der Waals surface area (Å²) in [6.45, 7) is 11.1. The maximum atomic E-state index is 12.6. The summed E-state index contributed by atoms with van der Waals surface area (Å²) in [7, 11) is -5.62. The molecule has 0 aromatic heterocycles. The molecule has 0 heterocycles. The number of hydrogen-bond donors (Lipinski definition) is 0. The van der Waals surface area contributed by atoms with Crippen LogP contribution < -0.4 is 0 Å².